The van der Waals surface area contributed by atoms with E-state index in [1.165, 1.54) is 0 Å². The molecule has 4 nitrogen and oxygen atoms in total. The summed E-state index contributed by atoms with van der Waals surface area (Å²) in [5.74, 6) is 0. The molecule has 0 aromatic heterocycles. The van der Waals surface area contributed by atoms with Crippen LogP contribution in [0.25, 0.3) is 0 Å². The summed E-state index contributed by atoms with van der Waals surface area (Å²) >= 11 is 1.55. The maximum Gasteiger partial charge on any atom is 0.175 e. The molecule has 2 unspecified atom stereocenters. The highest BCUT2D eigenvalue weighted by molar-refractivity contribution is 8.29. The van der Waals surface area contributed by atoms with Gasteiger partial charge in [0.25, 0.3) is 0 Å². The Bertz CT molecular complexity index is 1420. The number of aliphatic imine (C=N–C) groups is 4. The van der Waals surface area contributed by atoms with E-state index in [-0.39, 0.29) is 0 Å². The van der Waals surface area contributed by atoms with Crippen molar-refractivity contribution in [2.45, 2.75) is 25.2 Å². The van der Waals surface area contributed by atoms with E-state index < -0.39 is 11.3 Å². The Balaban J connectivity index is 1.46. The van der Waals surface area contributed by atoms with Crippen LogP contribution in [0.4, 0.5) is 0 Å². The van der Waals surface area contributed by atoms with Crippen molar-refractivity contribution in [3.05, 3.63) is 144 Å². The minimum atomic E-state index is -0.708. The van der Waals surface area contributed by atoms with Gasteiger partial charge in [-0.3, -0.25) is 0 Å². The predicted octanol–water partition coefficient (Wildman–Crippen LogP) is 7.27. The minimum Gasteiger partial charge on any atom is -0.248 e. The van der Waals surface area contributed by atoms with Gasteiger partial charge in [-0.1, -0.05) is 121 Å². The molecule has 0 fully saturated rings. The molecular formula is C32H26N4S. The molecule has 0 bridgehead atoms. The quantitative estimate of drug-likeness (QED) is 0.292. The summed E-state index contributed by atoms with van der Waals surface area (Å²) in [4.78, 5) is 20.7. The SMILES string of the molecule is CC1(c2ccccc2)N=C(SC2=NC(C)(c3ccccc3)N=C2c2ccccc2)C(c2ccccc2)=N1. The van der Waals surface area contributed by atoms with Crippen LogP contribution in [0.1, 0.15) is 36.1 Å². The molecule has 0 aliphatic carbocycles. The molecule has 2 heterocycles. The fourth-order valence-electron chi connectivity index (χ4n) is 4.65. The van der Waals surface area contributed by atoms with Gasteiger partial charge in [0.15, 0.2) is 11.3 Å². The fraction of sp³-hybridized carbons (Fsp3) is 0.125. The van der Waals surface area contributed by atoms with Gasteiger partial charge in [0.05, 0.1) is 0 Å². The average Bonchev–Trinajstić information content (AvgIpc) is 3.48. The molecule has 2 aliphatic heterocycles. The van der Waals surface area contributed by atoms with Gasteiger partial charge < -0.3 is 0 Å². The zero-order valence-electron chi connectivity index (χ0n) is 20.7. The third-order valence-electron chi connectivity index (χ3n) is 6.63. The van der Waals surface area contributed by atoms with Crippen molar-refractivity contribution >= 4 is 33.3 Å². The molecule has 180 valence electrons. The van der Waals surface area contributed by atoms with E-state index >= 15 is 0 Å². The van der Waals surface area contributed by atoms with Gasteiger partial charge in [0.2, 0.25) is 0 Å². The normalized spacial score (nSPS) is 22.8. The van der Waals surface area contributed by atoms with E-state index in [1.54, 1.807) is 11.8 Å². The van der Waals surface area contributed by atoms with E-state index in [9.17, 15) is 0 Å². The second-order valence-corrected chi connectivity index (χ2v) is 10.3. The smallest absolute Gasteiger partial charge is 0.175 e. The van der Waals surface area contributed by atoms with Gasteiger partial charge in [-0.15, -0.1) is 0 Å². The van der Waals surface area contributed by atoms with Crippen LogP contribution in [0.15, 0.2) is 141 Å². The van der Waals surface area contributed by atoms with Gasteiger partial charge >= 0.3 is 0 Å². The number of hydrogen-bond acceptors (Lipinski definition) is 5. The third kappa shape index (κ3) is 4.47. The predicted molar refractivity (Wildman–Crippen MR) is 156 cm³/mol. The van der Waals surface area contributed by atoms with E-state index in [2.05, 4.69) is 62.4 Å². The van der Waals surface area contributed by atoms with Crippen molar-refractivity contribution in [3.63, 3.8) is 0 Å². The van der Waals surface area contributed by atoms with Crippen molar-refractivity contribution in [1.29, 1.82) is 0 Å². The summed E-state index contributed by atoms with van der Waals surface area (Å²) in [6.07, 6.45) is 0. The van der Waals surface area contributed by atoms with Gasteiger partial charge in [-0.25, -0.2) is 20.0 Å². The van der Waals surface area contributed by atoms with Gasteiger partial charge in [-0.05, 0) is 25.6 Å². The Hall–Kier alpha value is -4.09. The zero-order valence-corrected chi connectivity index (χ0v) is 21.6. The summed E-state index contributed by atoms with van der Waals surface area (Å²) in [5.41, 5.74) is 4.52. The maximum atomic E-state index is 5.20. The molecule has 0 saturated carbocycles. The first-order chi connectivity index (χ1) is 18.0. The second kappa shape index (κ2) is 9.41. The van der Waals surface area contributed by atoms with Gasteiger partial charge in [0, 0.05) is 22.3 Å². The molecule has 37 heavy (non-hydrogen) atoms. The zero-order chi connectivity index (χ0) is 25.3. The Morgan fingerprint density at radius 3 is 1.11 bits per heavy atom. The molecule has 0 spiro atoms. The standard InChI is InChI=1S/C32H26N4S/c1-31(25-19-11-5-12-20-25)33-27(23-15-7-3-8-16-23)29(35-31)37-30-28(24-17-9-4-10-18-24)34-32(2,36-30)26-21-13-6-14-22-26/h3-22H,1-2H3. The molecule has 0 N–H and O–H groups in total. The second-order valence-electron chi connectivity index (χ2n) is 9.36. The first-order valence-electron chi connectivity index (χ1n) is 12.3. The van der Waals surface area contributed by atoms with Gasteiger partial charge in [0.1, 0.15) is 21.5 Å². The van der Waals surface area contributed by atoms with Crippen LogP contribution in [0.2, 0.25) is 0 Å². The third-order valence-corrected chi connectivity index (χ3v) is 7.59. The number of nitrogens with zero attached hydrogens (tertiary/aromatic N) is 4. The number of hydrogen-bond donors (Lipinski definition) is 0. The Morgan fingerprint density at radius 2 is 0.757 bits per heavy atom. The number of benzene rings is 4. The summed E-state index contributed by atoms with van der Waals surface area (Å²) in [6, 6.07) is 41.0. The van der Waals surface area contributed by atoms with Crippen molar-refractivity contribution in [1.82, 2.24) is 0 Å². The molecule has 2 aliphatic rings. The van der Waals surface area contributed by atoms with Crippen LogP contribution >= 0.6 is 11.8 Å². The first-order valence-corrected chi connectivity index (χ1v) is 13.2. The Kier molecular flexibility index (Phi) is 5.93. The molecule has 0 amide bonds. The fourth-order valence-corrected chi connectivity index (χ4v) is 5.80. The lowest BCUT2D eigenvalue weighted by Gasteiger charge is -2.17. The van der Waals surface area contributed by atoms with Crippen LogP contribution in [-0.4, -0.2) is 21.5 Å². The van der Waals surface area contributed by atoms with E-state index in [4.69, 9.17) is 20.0 Å². The molecule has 0 saturated heterocycles. The van der Waals surface area contributed by atoms with E-state index in [0.717, 1.165) is 43.8 Å². The highest BCUT2D eigenvalue weighted by Gasteiger charge is 2.39. The van der Waals surface area contributed by atoms with Crippen LogP contribution in [0.3, 0.4) is 0 Å². The van der Waals surface area contributed by atoms with E-state index in [0.29, 0.717) is 0 Å². The lowest BCUT2D eigenvalue weighted by molar-refractivity contribution is 0.541. The molecule has 2 atom stereocenters. The minimum absolute atomic E-state index is 0.708. The summed E-state index contributed by atoms with van der Waals surface area (Å²) in [6.45, 7) is 4.13. The first kappa shape index (κ1) is 23.3. The van der Waals surface area contributed by atoms with Crippen LogP contribution in [-0.2, 0) is 11.3 Å². The molecule has 0 radical (unpaired) electrons. The summed E-state index contributed by atoms with van der Waals surface area (Å²) < 4.78 is 0. The van der Waals surface area contributed by atoms with Crippen LogP contribution in [0.5, 0.6) is 0 Å². The number of thioether (sulfide) groups is 1. The van der Waals surface area contributed by atoms with E-state index in [1.807, 2.05) is 72.8 Å². The highest BCUT2D eigenvalue weighted by atomic mass is 32.2. The Morgan fingerprint density at radius 1 is 0.432 bits per heavy atom. The lowest BCUT2D eigenvalue weighted by Crippen LogP contribution is -2.16. The van der Waals surface area contributed by atoms with Crippen molar-refractivity contribution in [2.75, 3.05) is 0 Å². The molecule has 6 rings (SSSR count). The molecule has 4 aromatic rings. The average molecular weight is 499 g/mol. The van der Waals surface area contributed by atoms with Crippen molar-refractivity contribution in [2.24, 2.45) is 20.0 Å². The topological polar surface area (TPSA) is 49.4 Å². The Labute approximate surface area is 221 Å². The van der Waals surface area contributed by atoms with Crippen LogP contribution in [0, 0.1) is 0 Å². The largest absolute Gasteiger partial charge is 0.248 e. The molecular weight excluding hydrogens is 472 g/mol. The molecule has 4 aromatic carbocycles. The summed E-state index contributed by atoms with van der Waals surface area (Å²) in [7, 11) is 0. The van der Waals surface area contributed by atoms with Gasteiger partial charge in [-0.2, -0.15) is 0 Å². The summed E-state index contributed by atoms with van der Waals surface area (Å²) in [5, 5.41) is 1.69. The molecule has 5 heteroatoms. The van der Waals surface area contributed by atoms with Crippen molar-refractivity contribution in [3.8, 4) is 0 Å². The highest BCUT2D eigenvalue weighted by Crippen LogP contribution is 2.39. The maximum absolute atomic E-state index is 5.20. The van der Waals surface area contributed by atoms with Crippen LogP contribution < -0.4 is 0 Å². The number of rotatable bonds is 4. The van der Waals surface area contributed by atoms with Crippen molar-refractivity contribution < 1.29 is 0 Å². The monoisotopic (exact) mass is 498 g/mol. The lowest BCUT2D eigenvalue weighted by atomic mass is 10.0.